The molecule has 0 rings (SSSR count). The van der Waals surface area contributed by atoms with Gasteiger partial charge in [-0.15, -0.1) is 0 Å². The predicted octanol–water partition coefficient (Wildman–Crippen LogP) is -0.00580. The van der Waals surface area contributed by atoms with Crippen LogP contribution < -0.4 is 0 Å². The van der Waals surface area contributed by atoms with Gasteiger partial charge in [-0.3, -0.25) is 0 Å². The first-order valence-electron chi connectivity index (χ1n) is 1.82. The lowest BCUT2D eigenvalue weighted by Gasteiger charge is -2.09. The maximum atomic E-state index is 11.4. The van der Waals surface area contributed by atoms with Crippen molar-refractivity contribution in [1.82, 2.24) is 0 Å². The summed E-state index contributed by atoms with van der Waals surface area (Å²) >= 11 is 0. The van der Waals surface area contributed by atoms with Gasteiger partial charge in [0.05, 0.1) is 0 Å². The highest BCUT2D eigenvalue weighted by Crippen LogP contribution is 2.19. The average molecular weight is 144 g/mol. The van der Waals surface area contributed by atoms with Crippen LogP contribution in [0.3, 0.4) is 0 Å². The fourth-order valence-electron chi connectivity index (χ4n) is 0.102. The zero-order valence-electron chi connectivity index (χ0n) is 4.01. The maximum Gasteiger partial charge on any atom is 0.396 e. The van der Waals surface area contributed by atoms with Crippen molar-refractivity contribution in [2.24, 2.45) is 0 Å². The highest BCUT2D eigenvalue weighted by molar-refractivity contribution is 5.75. The third-order valence-corrected chi connectivity index (χ3v) is 0.584. The molecule has 0 saturated carbocycles. The molecule has 0 amide bonds. The van der Waals surface area contributed by atoms with E-state index in [-0.39, 0.29) is 0 Å². The van der Waals surface area contributed by atoms with Crippen LogP contribution in [0.15, 0.2) is 0 Å². The quantitative estimate of drug-likeness (QED) is 0.573. The average Bonchev–Trinajstić information content (AvgIpc) is 1.65. The van der Waals surface area contributed by atoms with Gasteiger partial charge in [-0.05, 0) is 0 Å². The fraction of sp³-hybridized carbons (Fsp3) is 0.667. The second-order valence-corrected chi connectivity index (χ2v) is 1.26. The van der Waals surface area contributed by atoms with Gasteiger partial charge in [0.2, 0.25) is 0 Å². The minimum atomic E-state index is -4.69. The number of alkyl halides is 3. The van der Waals surface area contributed by atoms with Gasteiger partial charge < -0.3 is 10.2 Å². The number of rotatable bonds is 2. The Bertz CT molecular complexity index is 121. The minimum absolute atomic E-state index is 2.68. The SMILES string of the molecule is O=C(O)C(F)(F)C(O)F. The molecule has 9 heavy (non-hydrogen) atoms. The van der Waals surface area contributed by atoms with E-state index in [1.54, 1.807) is 0 Å². The number of aliphatic hydroxyl groups excluding tert-OH is 1. The van der Waals surface area contributed by atoms with E-state index in [9.17, 15) is 18.0 Å². The zero-order chi connectivity index (χ0) is 7.65. The van der Waals surface area contributed by atoms with Crippen LogP contribution in [0, 0.1) is 0 Å². The van der Waals surface area contributed by atoms with Gasteiger partial charge in [0, 0.05) is 0 Å². The van der Waals surface area contributed by atoms with E-state index in [2.05, 4.69) is 0 Å². The monoisotopic (exact) mass is 144 g/mol. The number of carbonyl (C=O) groups is 1. The number of aliphatic hydroxyl groups is 1. The molecule has 1 unspecified atom stereocenters. The number of halogens is 3. The van der Waals surface area contributed by atoms with Gasteiger partial charge in [-0.1, -0.05) is 0 Å². The van der Waals surface area contributed by atoms with E-state index in [1.807, 2.05) is 0 Å². The largest absolute Gasteiger partial charge is 0.477 e. The van der Waals surface area contributed by atoms with Crippen molar-refractivity contribution in [2.75, 3.05) is 0 Å². The standard InChI is InChI=1S/C3H3F3O3/c4-1(7)3(5,6)2(8)9/h1,7H,(H,8,9). The van der Waals surface area contributed by atoms with Crippen molar-refractivity contribution >= 4 is 5.97 Å². The van der Waals surface area contributed by atoms with Gasteiger partial charge in [0.15, 0.2) is 0 Å². The van der Waals surface area contributed by atoms with Gasteiger partial charge in [-0.25, -0.2) is 9.18 Å². The van der Waals surface area contributed by atoms with Crippen LogP contribution in [-0.4, -0.2) is 28.5 Å². The molecule has 2 N–H and O–H groups in total. The molecule has 0 spiro atoms. The summed E-state index contributed by atoms with van der Waals surface area (Å²) in [6.07, 6.45) is -3.64. The topological polar surface area (TPSA) is 57.5 Å². The van der Waals surface area contributed by atoms with Crippen molar-refractivity contribution in [2.45, 2.75) is 12.3 Å². The molecule has 3 nitrogen and oxygen atoms in total. The summed E-state index contributed by atoms with van der Waals surface area (Å²) < 4.78 is 34.0. The van der Waals surface area contributed by atoms with E-state index in [4.69, 9.17) is 10.2 Å². The van der Waals surface area contributed by atoms with E-state index < -0.39 is 18.2 Å². The molecule has 0 fully saturated rings. The highest BCUT2D eigenvalue weighted by Gasteiger charge is 2.47. The Labute approximate surface area is 47.7 Å². The summed E-state index contributed by atoms with van der Waals surface area (Å²) in [6.45, 7) is 0. The third-order valence-electron chi connectivity index (χ3n) is 0.584. The molecule has 0 saturated heterocycles. The Balaban J connectivity index is 4.19. The Morgan fingerprint density at radius 2 is 1.89 bits per heavy atom. The first kappa shape index (κ1) is 8.22. The molecule has 0 aliphatic carbocycles. The van der Waals surface area contributed by atoms with Gasteiger partial charge >= 0.3 is 11.9 Å². The highest BCUT2D eigenvalue weighted by atomic mass is 19.3. The van der Waals surface area contributed by atoms with Crippen LogP contribution in [0.4, 0.5) is 13.2 Å². The van der Waals surface area contributed by atoms with Crippen LogP contribution in [0.1, 0.15) is 0 Å². The summed E-state index contributed by atoms with van der Waals surface area (Å²) in [7, 11) is 0. The molecule has 6 heteroatoms. The molecule has 54 valence electrons. The van der Waals surface area contributed by atoms with Crippen molar-refractivity contribution in [1.29, 1.82) is 0 Å². The van der Waals surface area contributed by atoms with Crippen LogP contribution in [0.5, 0.6) is 0 Å². The Hall–Kier alpha value is -0.780. The third kappa shape index (κ3) is 1.56. The number of aliphatic carboxylic acids is 1. The molecular formula is C3H3F3O3. The van der Waals surface area contributed by atoms with E-state index in [0.29, 0.717) is 0 Å². The first-order valence-corrected chi connectivity index (χ1v) is 1.82. The molecule has 1 atom stereocenters. The smallest absolute Gasteiger partial charge is 0.396 e. The molecule has 0 radical (unpaired) electrons. The summed E-state index contributed by atoms with van der Waals surface area (Å²) in [4.78, 5) is 9.31. The number of hydrogen-bond acceptors (Lipinski definition) is 2. The van der Waals surface area contributed by atoms with E-state index in [1.165, 1.54) is 0 Å². The summed E-state index contributed by atoms with van der Waals surface area (Å²) in [5.41, 5.74) is 0. The summed E-state index contributed by atoms with van der Waals surface area (Å²) in [5, 5.41) is 14.9. The lowest BCUT2D eigenvalue weighted by Crippen LogP contribution is -2.38. The Morgan fingerprint density at radius 3 is 1.89 bits per heavy atom. The number of carboxylic acid groups (broad SMARTS) is 1. The Kier molecular flexibility index (Phi) is 2.03. The maximum absolute atomic E-state index is 11.4. The molecule has 0 aromatic carbocycles. The second-order valence-electron chi connectivity index (χ2n) is 1.26. The number of carboxylic acids is 1. The molecule has 0 bridgehead atoms. The van der Waals surface area contributed by atoms with Crippen molar-refractivity contribution in [3.8, 4) is 0 Å². The molecule has 0 aromatic heterocycles. The van der Waals surface area contributed by atoms with Crippen molar-refractivity contribution in [3.63, 3.8) is 0 Å². The van der Waals surface area contributed by atoms with E-state index in [0.717, 1.165) is 0 Å². The van der Waals surface area contributed by atoms with Crippen LogP contribution in [0.2, 0.25) is 0 Å². The van der Waals surface area contributed by atoms with Crippen LogP contribution in [-0.2, 0) is 4.79 Å². The van der Waals surface area contributed by atoms with Crippen LogP contribution >= 0.6 is 0 Å². The van der Waals surface area contributed by atoms with Crippen LogP contribution in [0.25, 0.3) is 0 Å². The molecular weight excluding hydrogens is 141 g/mol. The van der Waals surface area contributed by atoms with E-state index >= 15 is 0 Å². The molecule has 0 aliphatic heterocycles. The number of hydrogen-bond donors (Lipinski definition) is 2. The zero-order valence-corrected chi connectivity index (χ0v) is 4.01. The lowest BCUT2D eigenvalue weighted by atomic mass is 10.3. The first-order chi connectivity index (χ1) is 3.89. The van der Waals surface area contributed by atoms with Gasteiger partial charge in [-0.2, -0.15) is 8.78 Å². The fourth-order valence-corrected chi connectivity index (χ4v) is 0.102. The van der Waals surface area contributed by atoms with Gasteiger partial charge in [0.1, 0.15) is 0 Å². The Morgan fingerprint density at radius 1 is 1.56 bits per heavy atom. The predicted molar refractivity (Wildman–Crippen MR) is 19.7 cm³/mol. The lowest BCUT2D eigenvalue weighted by molar-refractivity contribution is -0.201. The molecule has 0 aliphatic rings. The molecule has 0 aromatic rings. The second kappa shape index (κ2) is 2.22. The van der Waals surface area contributed by atoms with Crippen molar-refractivity contribution < 1.29 is 28.2 Å². The molecule has 0 heterocycles. The summed E-state index contributed by atoms with van der Waals surface area (Å²) in [6, 6.07) is 0. The van der Waals surface area contributed by atoms with Crippen molar-refractivity contribution in [3.05, 3.63) is 0 Å². The normalized spacial score (nSPS) is 15.1. The summed E-state index contributed by atoms with van der Waals surface area (Å²) in [5.74, 6) is -7.38. The van der Waals surface area contributed by atoms with Gasteiger partial charge in [0.25, 0.3) is 6.36 Å². The minimum Gasteiger partial charge on any atom is -0.477 e.